The van der Waals surface area contributed by atoms with Crippen molar-refractivity contribution in [2.45, 2.75) is 68.4 Å². The van der Waals surface area contributed by atoms with E-state index >= 15 is 4.39 Å². The van der Waals surface area contributed by atoms with Gasteiger partial charge in [-0.2, -0.15) is 15.6 Å². The average Bonchev–Trinajstić information content (AvgIpc) is 3.69. The third-order valence-electron chi connectivity index (χ3n) is 9.97. The van der Waals surface area contributed by atoms with Gasteiger partial charge < -0.3 is 10.2 Å². The first-order valence-corrected chi connectivity index (χ1v) is 14.7. The molecule has 1 aromatic heterocycles. The minimum absolute atomic E-state index is 0.0686. The van der Waals surface area contributed by atoms with Gasteiger partial charge in [0, 0.05) is 69.2 Å². The maximum Gasteiger partial charge on any atom is 0.147 e. The summed E-state index contributed by atoms with van der Waals surface area (Å²) in [5, 5.41) is 27.3. The molecule has 0 saturated carbocycles. The van der Waals surface area contributed by atoms with Gasteiger partial charge in [0.05, 0.1) is 36.3 Å². The number of amidine groups is 1. The van der Waals surface area contributed by atoms with Crippen LogP contribution in [-0.2, 0) is 12.1 Å². The van der Waals surface area contributed by atoms with E-state index < -0.39 is 5.82 Å². The summed E-state index contributed by atoms with van der Waals surface area (Å²) in [6, 6.07) is 9.34. The van der Waals surface area contributed by atoms with Crippen molar-refractivity contribution in [3.63, 3.8) is 0 Å². The lowest BCUT2D eigenvalue weighted by atomic mass is 9.82. The molecular weight excluding hydrogens is 531 g/mol. The van der Waals surface area contributed by atoms with Crippen LogP contribution < -0.4 is 10.2 Å². The Morgan fingerprint density at radius 3 is 2.64 bits per heavy atom. The highest BCUT2D eigenvalue weighted by molar-refractivity contribution is 5.96. The molecular formula is C31H35FN10. The number of fused-ring (bicyclic) bond motifs is 3. The Balaban J connectivity index is 1.03. The fraction of sp³-hybridized carbons (Fsp3) is 0.516. The van der Waals surface area contributed by atoms with Crippen LogP contribution in [0.5, 0.6) is 0 Å². The fourth-order valence-corrected chi connectivity index (χ4v) is 7.77. The van der Waals surface area contributed by atoms with E-state index in [4.69, 9.17) is 5.10 Å². The van der Waals surface area contributed by atoms with Gasteiger partial charge in [0.15, 0.2) is 0 Å². The van der Waals surface area contributed by atoms with Crippen LogP contribution in [0.4, 0.5) is 10.1 Å². The van der Waals surface area contributed by atoms with Crippen LogP contribution in [-0.4, -0.2) is 77.1 Å². The number of hydrogen-bond donors (Lipinski definition) is 1. The Morgan fingerprint density at radius 2 is 1.93 bits per heavy atom. The number of nitriles is 2. The van der Waals surface area contributed by atoms with Gasteiger partial charge in [-0.25, -0.2) is 9.38 Å². The smallest absolute Gasteiger partial charge is 0.147 e. The van der Waals surface area contributed by atoms with Crippen molar-refractivity contribution >= 4 is 17.9 Å². The van der Waals surface area contributed by atoms with E-state index in [1.807, 2.05) is 43.3 Å². The van der Waals surface area contributed by atoms with Crippen molar-refractivity contribution in [1.29, 1.82) is 10.5 Å². The molecule has 0 amide bonds. The Kier molecular flexibility index (Phi) is 6.60. The zero-order valence-corrected chi connectivity index (χ0v) is 24.0. The number of anilines is 1. The van der Waals surface area contributed by atoms with E-state index in [0.29, 0.717) is 42.3 Å². The van der Waals surface area contributed by atoms with Gasteiger partial charge in [0.25, 0.3) is 0 Å². The minimum atomic E-state index is -0.393. The molecule has 11 heteroatoms. The monoisotopic (exact) mass is 566 g/mol. The highest BCUT2D eigenvalue weighted by atomic mass is 19.1. The Morgan fingerprint density at radius 1 is 1.14 bits per heavy atom. The summed E-state index contributed by atoms with van der Waals surface area (Å²) in [5.41, 5.74) is 2.03. The standard InChI is InChI=1S/C31H35FN10/c1-39(2)27-6-3-20(28(32)26(27)13-34)15-41-22-4-5-23(41)12-24(11-22)40-17-31(18-40,8-9-33)42-16-21(14-38-42)29-25-7-10-35-30(25)37-19-36-29/h3,6-7,10,14,16,19,22-25,29H,4-5,8,11-12,15,17-18H2,1-2H3,(H,35,36,37). The van der Waals surface area contributed by atoms with Crippen LogP contribution in [0, 0.1) is 34.4 Å². The topological polar surface area (TPSA) is 112 Å². The third-order valence-corrected chi connectivity index (χ3v) is 9.97. The van der Waals surface area contributed by atoms with Gasteiger partial charge in [-0.3, -0.25) is 19.5 Å². The van der Waals surface area contributed by atoms with Gasteiger partial charge >= 0.3 is 0 Å². The molecule has 1 aromatic carbocycles. The van der Waals surface area contributed by atoms with Crippen molar-refractivity contribution in [1.82, 2.24) is 24.9 Å². The van der Waals surface area contributed by atoms with Gasteiger partial charge in [-0.05, 0) is 37.9 Å². The van der Waals surface area contributed by atoms with E-state index in [1.54, 1.807) is 11.2 Å². The normalized spacial score (nSPS) is 29.3. The van der Waals surface area contributed by atoms with Crippen molar-refractivity contribution in [3.05, 3.63) is 59.3 Å². The quantitative estimate of drug-likeness (QED) is 0.547. The van der Waals surface area contributed by atoms with Gasteiger partial charge in [0.2, 0.25) is 0 Å². The maximum atomic E-state index is 15.4. The largest absolute Gasteiger partial charge is 0.377 e. The molecule has 3 saturated heterocycles. The number of hydrogen-bond acceptors (Lipinski definition) is 9. The molecule has 216 valence electrons. The number of nitrogens with one attached hydrogen (secondary N) is 1. The molecule has 2 aromatic rings. The van der Waals surface area contributed by atoms with Gasteiger partial charge in [0.1, 0.15) is 35.2 Å². The zero-order chi connectivity index (χ0) is 29.0. The summed E-state index contributed by atoms with van der Waals surface area (Å²) >= 11 is 0. The van der Waals surface area contributed by atoms with Crippen LogP contribution in [0.2, 0.25) is 0 Å². The number of aromatic nitrogens is 2. The summed E-state index contributed by atoms with van der Waals surface area (Å²) in [7, 11) is 3.65. The lowest BCUT2D eigenvalue weighted by Gasteiger charge is -2.55. The summed E-state index contributed by atoms with van der Waals surface area (Å²) in [6.45, 7) is 2.12. The molecule has 4 unspecified atom stereocenters. The molecule has 5 aliphatic rings. The molecule has 0 aliphatic carbocycles. The number of rotatable bonds is 7. The molecule has 5 aliphatic heterocycles. The van der Waals surface area contributed by atoms with Crippen LogP contribution in [0.25, 0.3) is 0 Å². The predicted octanol–water partition coefficient (Wildman–Crippen LogP) is 3.29. The zero-order valence-electron chi connectivity index (χ0n) is 24.0. The van der Waals surface area contributed by atoms with Crippen LogP contribution >= 0.6 is 0 Å². The average molecular weight is 567 g/mol. The number of benzene rings is 1. The first-order chi connectivity index (χ1) is 20.4. The van der Waals surface area contributed by atoms with E-state index in [0.717, 1.165) is 50.2 Å². The van der Waals surface area contributed by atoms with E-state index in [9.17, 15) is 10.5 Å². The van der Waals surface area contributed by atoms with E-state index in [-0.39, 0.29) is 23.1 Å². The maximum absolute atomic E-state index is 15.4. The number of halogens is 1. The summed E-state index contributed by atoms with van der Waals surface area (Å²) < 4.78 is 17.4. The minimum Gasteiger partial charge on any atom is -0.377 e. The van der Waals surface area contributed by atoms with Crippen LogP contribution in [0.15, 0.2) is 46.8 Å². The van der Waals surface area contributed by atoms with E-state index in [2.05, 4.69) is 49.5 Å². The van der Waals surface area contributed by atoms with Crippen molar-refractivity contribution in [3.8, 4) is 12.1 Å². The number of likely N-dealkylation sites (tertiary alicyclic amines) is 1. The summed E-state index contributed by atoms with van der Waals surface area (Å²) in [6.07, 6.45) is 14.3. The molecule has 10 nitrogen and oxygen atoms in total. The lowest BCUT2D eigenvalue weighted by Crippen LogP contribution is -2.67. The summed E-state index contributed by atoms with van der Waals surface area (Å²) in [4.78, 5) is 15.7. The highest BCUT2D eigenvalue weighted by Gasteiger charge is 2.51. The molecule has 2 bridgehead atoms. The number of piperidine rings is 1. The SMILES string of the molecule is CN(C)c1ccc(CN2C3CCC2CC(N2CC(CC#N)(n4cc(C5N=CN=C6NC=CC65)cn4)C2)C3)c(F)c1C#N. The van der Waals surface area contributed by atoms with Crippen molar-refractivity contribution in [2.24, 2.45) is 15.9 Å². The summed E-state index contributed by atoms with van der Waals surface area (Å²) in [5.74, 6) is 0.601. The van der Waals surface area contributed by atoms with Crippen LogP contribution in [0.1, 0.15) is 54.8 Å². The predicted molar refractivity (Wildman–Crippen MR) is 157 cm³/mol. The molecule has 3 fully saturated rings. The molecule has 6 heterocycles. The van der Waals surface area contributed by atoms with Crippen LogP contribution in [0.3, 0.4) is 0 Å². The first kappa shape index (κ1) is 26.8. The second-order valence-corrected chi connectivity index (χ2v) is 12.6. The molecule has 7 rings (SSSR count). The number of nitrogens with zero attached hydrogens (tertiary/aromatic N) is 9. The highest BCUT2D eigenvalue weighted by Crippen LogP contribution is 2.44. The molecule has 0 spiro atoms. The number of aliphatic imine (C=N–C) groups is 2. The van der Waals surface area contributed by atoms with Gasteiger partial charge in [-0.1, -0.05) is 12.1 Å². The third kappa shape index (κ3) is 4.31. The Labute approximate surface area is 245 Å². The van der Waals surface area contributed by atoms with Gasteiger partial charge in [-0.15, -0.1) is 0 Å². The molecule has 42 heavy (non-hydrogen) atoms. The Bertz CT molecular complexity index is 1540. The second kappa shape index (κ2) is 10.3. The van der Waals surface area contributed by atoms with Crippen molar-refractivity contribution in [2.75, 3.05) is 32.1 Å². The molecule has 0 radical (unpaired) electrons. The second-order valence-electron chi connectivity index (χ2n) is 12.6. The Hall–Kier alpha value is -4.06. The first-order valence-electron chi connectivity index (χ1n) is 14.7. The van der Waals surface area contributed by atoms with Crippen molar-refractivity contribution < 1.29 is 4.39 Å². The molecule has 1 N–H and O–H groups in total. The van der Waals surface area contributed by atoms with E-state index in [1.165, 1.54) is 0 Å². The lowest BCUT2D eigenvalue weighted by molar-refractivity contribution is -0.0560. The molecule has 4 atom stereocenters. The fourth-order valence-electron chi connectivity index (χ4n) is 7.77.